The summed E-state index contributed by atoms with van der Waals surface area (Å²) in [7, 11) is -2.57. The molecule has 0 saturated carbocycles. The van der Waals surface area contributed by atoms with Gasteiger partial charge in [0.1, 0.15) is 5.75 Å². The van der Waals surface area contributed by atoms with E-state index in [-0.39, 0.29) is 33.3 Å². The number of carbonyl (C=O) groups is 1. The fourth-order valence-corrected chi connectivity index (χ4v) is 3.87. The van der Waals surface area contributed by atoms with Gasteiger partial charge in [-0.1, -0.05) is 29.8 Å². The van der Waals surface area contributed by atoms with Gasteiger partial charge < -0.3 is 10.1 Å². The summed E-state index contributed by atoms with van der Waals surface area (Å²) in [6, 6.07) is 16.1. The van der Waals surface area contributed by atoms with Crippen LogP contribution >= 0.6 is 0 Å². The molecule has 3 aromatic rings. The van der Waals surface area contributed by atoms with Crippen molar-refractivity contribution in [3.63, 3.8) is 0 Å². The number of benzene rings is 3. The Hall–Kier alpha value is -3.92. The highest BCUT2D eigenvalue weighted by Crippen LogP contribution is 2.30. The molecule has 31 heavy (non-hydrogen) atoms. The Balaban J connectivity index is 1.92. The van der Waals surface area contributed by atoms with E-state index in [2.05, 4.69) is 10.0 Å². The van der Waals surface area contributed by atoms with Crippen molar-refractivity contribution < 1.29 is 22.9 Å². The molecule has 0 unspecified atom stereocenters. The first-order valence-corrected chi connectivity index (χ1v) is 10.5. The number of hydrogen-bond donors (Lipinski definition) is 2. The maximum absolute atomic E-state index is 12.9. The number of methoxy groups -OCH3 is 1. The van der Waals surface area contributed by atoms with E-state index in [0.717, 1.165) is 11.6 Å². The van der Waals surface area contributed by atoms with Gasteiger partial charge in [0, 0.05) is 12.1 Å². The van der Waals surface area contributed by atoms with E-state index >= 15 is 0 Å². The monoisotopic (exact) mass is 441 g/mol. The lowest BCUT2D eigenvalue weighted by atomic mass is 10.1. The minimum Gasteiger partial charge on any atom is -0.495 e. The van der Waals surface area contributed by atoms with Crippen molar-refractivity contribution in [3.05, 3.63) is 88.0 Å². The van der Waals surface area contributed by atoms with Crippen molar-refractivity contribution in [3.8, 4) is 5.75 Å². The van der Waals surface area contributed by atoms with Crippen molar-refractivity contribution in [2.75, 3.05) is 17.1 Å². The van der Waals surface area contributed by atoms with Gasteiger partial charge in [-0.3, -0.25) is 19.6 Å². The Morgan fingerprint density at radius 2 is 1.68 bits per heavy atom. The SMILES string of the molecule is COc1ccc([N+](=O)[O-])cc1NC(=O)c1ccccc1NS(=O)(=O)c1ccc(C)cc1. The Kier molecular flexibility index (Phi) is 6.21. The van der Waals surface area contributed by atoms with Gasteiger partial charge in [-0.15, -0.1) is 0 Å². The van der Waals surface area contributed by atoms with Crippen LogP contribution in [0.5, 0.6) is 5.75 Å². The topological polar surface area (TPSA) is 128 Å². The number of sulfonamides is 1. The highest BCUT2D eigenvalue weighted by Gasteiger charge is 2.20. The maximum Gasteiger partial charge on any atom is 0.271 e. The van der Waals surface area contributed by atoms with Crippen molar-refractivity contribution in [1.82, 2.24) is 0 Å². The number of nitrogens with one attached hydrogen (secondary N) is 2. The van der Waals surface area contributed by atoms with Gasteiger partial charge in [0.05, 0.1) is 33.9 Å². The molecule has 1 amide bonds. The minimum absolute atomic E-state index is 0.0340. The van der Waals surface area contributed by atoms with E-state index < -0.39 is 20.9 Å². The third-order valence-corrected chi connectivity index (χ3v) is 5.77. The second kappa shape index (κ2) is 8.84. The smallest absolute Gasteiger partial charge is 0.271 e. The van der Waals surface area contributed by atoms with E-state index in [0.29, 0.717) is 0 Å². The fraction of sp³-hybridized carbons (Fsp3) is 0.0952. The molecule has 0 aromatic heterocycles. The van der Waals surface area contributed by atoms with Crippen molar-refractivity contribution in [1.29, 1.82) is 0 Å². The molecule has 0 saturated heterocycles. The molecule has 3 aromatic carbocycles. The number of nitro groups is 1. The number of amides is 1. The minimum atomic E-state index is -3.93. The Labute approximate surface area is 178 Å². The number of non-ortho nitro benzene ring substituents is 1. The number of hydrogen-bond acceptors (Lipinski definition) is 6. The third-order valence-electron chi connectivity index (χ3n) is 4.39. The number of nitrogens with zero attached hydrogens (tertiary/aromatic N) is 1. The molecule has 0 fully saturated rings. The molecule has 2 N–H and O–H groups in total. The standard InChI is InChI=1S/C21H19N3O6S/c1-14-7-10-16(11-8-14)31(28,29)23-18-6-4-3-5-17(18)21(25)22-19-13-15(24(26)27)9-12-20(19)30-2/h3-13,23H,1-2H3,(H,22,25). The first kappa shape index (κ1) is 21.8. The average molecular weight is 441 g/mol. The fourth-order valence-electron chi connectivity index (χ4n) is 2.79. The number of nitro benzene ring substituents is 1. The van der Waals surface area contributed by atoms with E-state index in [1.807, 2.05) is 6.92 Å². The quantitative estimate of drug-likeness (QED) is 0.422. The van der Waals surface area contributed by atoms with Crippen molar-refractivity contribution in [2.24, 2.45) is 0 Å². The largest absolute Gasteiger partial charge is 0.495 e. The zero-order chi connectivity index (χ0) is 22.6. The second-order valence-corrected chi connectivity index (χ2v) is 8.24. The molecule has 0 bridgehead atoms. The predicted molar refractivity (Wildman–Crippen MR) is 116 cm³/mol. The van der Waals surface area contributed by atoms with Gasteiger partial charge >= 0.3 is 0 Å². The normalized spacial score (nSPS) is 10.9. The van der Waals surface area contributed by atoms with Crippen LogP contribution in [0.25, 0.3) is 0 Å². The van der Waals surface area contributed by atoms with E-state index in [4.69, 9.17) is 4.74 Å². The molecule has 10 heteroatoms. The molecule has 0 radical (unpaired) electrons. The van der Waals surface area contributed by atoms with Gasteiger partial charge in [0.15, 0.2) is 0 Å². The van der Waals surface area contributed by atoms with Crippen LogP contribution in [-0.4, -0.2) is 26.4 Å². The zero-order valence-electron chi connectivity index (χ0n) is 16.7. The molecule has 0 aliphatic carbocycles. The number of aryl methyl sites for hydroxylation is 1. The Bertz CT molecular complexity index is 1240. The van der Waals surface area contributed by atoms with Crippen molar-refractivity contribution >= 4 is 33.0 Å². The second-order valence-electron chi connectivity index (χ2n) is 6.56. The van der Waals surface area contributed by atoms with Crippen LogP contribution in [0.1, 0.15) is 15.9 Å². The van der Waals surface area contributed by atoms with Crippen LogP contribution in [0, 0.1) is 17.0 Å². The number of para-hydroxylation sites is 1. The summed E-state index contributed by atoms with van der Waals surface area (Å²) in [5.74, 6) is -0.447. The molecule has 9 nitrogen and oxygen atoms in total. The van der Waals surface area contributed by atoms with Crippen LogP contribution in [0.2, 0.25) is 0 Å². The van der Waals surface area contributed by atoms with Gasteiger partial charge in [-0.2, -0.15) is 0 Å². The number of rotatable bonds is 7. The van der Waals surface area contributed by atoms with Crippen LogP contribution < -0.4 is 14.8 Å². The molecule has 0 aliphatic rings. The van der Waals surface area contributed by atoms with Gasteiger partial charge in [-0.25, -0.2) is 8.42 Å². The lowest BCUT2D eigenvalue weighted by Crippen LogP contribution is -2.19. The van der Waals surface area contributed by atoms with Crippen LogP contribution in [0.4, 0.5) is 17.1 Å². The summed E-state index contributed by atoms with van der Waals surface area (Å²) in [6.45, 7) is 1.84. The summed E-state index contributed by atoms with van der Waals surface area (Å²) in [4.78, 5) is 23.4. The number of ether oxygens (including phenoxy) is 1. The summed E-state index contributed by atoms with van der Waals surface area (Å²) >= 11 is 0. The first-order chi connectivity index (χ1) is 14.7. The summed E-state index contributed by atoms with van der Waals surface area (Å²) < 4.78 is 33.0. The highest BCUT2D eigenvalue weighted by molar-refractivity contribution is 7.92. The highest BCUT2D eigenvalue weighted by atomic mass is 32.2. The summed E-state index contributed by atoms with van der Waals surface area (Å²) in [5.41, 5.74) is 0.851. The molecule has 0 heterocycles. The lowest BCUT2D eigenvalue weighted by molar-refractivity contribution is -0.384. The Morgan fingerprint density at radius 1 is 1.00 bits per heavy atom. The maximum atomic E-state index is 12.9. The lowest BCUT2D eigenvalue weighted by Gasteiger charge is -2.14. The summed E-state index contributed by atoms with van der Waals surface area (Å²) in [6.07, 6.45) is 0. The molecule has 3 rings (SSSR count). The van der Waals surface area contributed by atoms with Crippen LogP contribution in [0.15, 0.2) is 71.6 Å². The van der Waals surface area contributed by atoms with Crippen molar-refractivity contribution in [2.45, 2.75) is 11.8 Å². The average Bonchev–Trinajstić information content (AvgIpc) is 2.74. The molecular formula is C21H19N3O6S. The summed E-state index contributed by atoms with van der Waals surface area (Å²) in [5, 5.41) is 13.6. The van der Waals surface area contributed by atoms with Gasteiger partial charge in [0.25, 0.3) is 21.6 Å². The molecule has 160 valence electrons. The number of carbonyl (C=O) groups excluding carboxylic acids is 1. The Morgan fingerprint density at radius 3 is 2.32 bits per heavy atom. The number of anilines is 2. The first-order valence-electron chi connectivity index (χ1n) is 9.03. The third kappa shape index (κ3) is 4.98. The van der Waals surface area contributed by atoms with Crippen LogP contribution in [-0.2, 0) is 10.0 Å². The molecule has 0 spiro atoms. The zero-order valence-corrected chi connectivity index (χ0v) is 17.5. The molecule has 0 aliphatic heterocycles. The molecule has 0 atom stereocenters. The predicted octanol–water partition coefficient (Wildman–Crippen LogP) is 3.96. The van der Waals surface area contributed by atoms with E-state index in [1.165, 1.54) is 43.5 Å². The van der Waals surface area contributed by atoms with Crippen LogP contribution in [0.3, 0.4) is 0 Å². The van der Waals surface area contributed by atoms with Gasteiger partial charge in [0.2, 0.25) is 0 Å². The van der Waals surface area contributed by atoms with E-state index in [9.17, 15) is 23.3 Å². The van der Waals surface area contributed by atoms with E-state index in [1.54, 1.807) is 24.3 Å². The van der Waals surface area contributed by atoms with Gasteiger partial charge in [-0.05, 0) is 37.3 Å². The molecular weight excluding hydrogens is 422 g/mol.